The summed E-state index contributed by atoms with van der Waals surface area (Å²) < 4.78 is 5.52. The number of nitrogens with one attached hydrogen (secondary N) is 1. The predicted molar refractivity (Wildman–Crippen MR) is 88.6 cm³/mol. The first kappa shape index (κ1) is 19.3. The lowest BCUT2D eigenvalue weighted by molar-refractivity contribution is -0.384. The number of carbonyl (C=O) groups excluding carboxylic acids is 1. The molecule has 1 heterocycles. The highest BCUT2D eigenvalue weighted by Gasteiger charge is 2.28. The number of rotatable bonds is 5. The molecule has 1 amide bonds. The molecular formula is C15H22ClN3O4. The average molecular weight is 344 g/mol. The van der Waals surface area contributed by atoms with Crippen LogP contribution in [0, 0.1) is 10.1 Å². The lowest BCUT2D eigenvalue weighted by Crippen LogP contribution is -2.50. The van der Waals surface area contributed by atoms with Gasteiger partial charge in [0.15, 0.2) is 0 Å². The van der Waals surface area contributed by atoms with E-state index in [2.05, 4.69) is 5.32 Å². The van der Waals surface area contributed by atoms with E-state index in [1.165, 1.54) is 12.1 Å². The molecule has 1 fully saturated rings. The standard InChI is InChI=1S/C15H21N3O4.ClH/c1-11(2)17(15(19)14-9-16-7-8-22-14)10-12-3-5-13(6-4-12)18(20)21;/h3-6,11,14,16H,7-10H2,1-2H3;1H. The molecule has 8 heteroatoms. The highest BCUT2D eigenvalue weighted by atomic mass is 35.5. The summed E-state index contributed by atoms with van der Waals surface area (Å²) in [6, 6.07) is 6.29. The smallest absolute Gasteiger partial charge is 0.269 e. The molecule has 23 heavy (non-hydrogen) atoms. The number of non-ortho nitro benzene ring substituents is 1. The van der Waals surface area contributed by atoms with Gasteiger partial charge in [-0.15, -0.1) is 12.4 Å². The van der Waals surface area contributed by atoms with Gasteiger partial charge in [0, 0.05) is 37.8 Å². The molecule has 2 rings (SSSR count). The Bertz CT molecular complexity index is 530. The van der Waals surface area contributed by atoms with Crippen molar-refractivity contribution in [2.24, 2.45) is 0 Å². The Morgan fingerprint density at radius 3 is 2.57 bits per heavy atom. The van der Waals surface area contributed by atoms with Gasteiger partial charge in [-0.1, -0.05) is 12.1 Å². The van der Waals surface area contributed by atoms with E-state index in [9.17, 15) is 14.9 Å². The zero-order valence-electron chi connectivity index (χ0n) is 13.2. The van der Waals surface area contributed by atoms with Crippen LogP contribution in [0.2, 0.25) is 0 Å². The molecule has 0 aliphatic carbocycles. The Hall–Kier alpha value is -1.70. The fourth-order valence-corrected chi connectivity index (χ4v) is 2.34. The second-order valence-corrected chi connectivity index (χ2v) is 5.55. The van der Waals surface area contributed by atoms with Crippen LogP contribution < -0.4 is 5.32 Å². The summed E-state index contributed by atoms with van der Waals surface area (Å²) in [5, 5.41) is 13.8. The van der Waals surface area contributed by atoms with E-state index in [1.54, 1.807) is 17.0 Å². The minimum atomic E-state index is -0.464. The first-order valence-corrected chi connectivity index (χ1v) is 7.35. The van der Waals surface area contributed by atoms with Gasteiger partial charge >= 0.3 is 0 Å². The quantitative estimate of drug-likeness (QED) is 0.650. The van der Waals surface area contributed by atoms with Crippen LogP contribution in [-0.2, 0) is 16.1 Å². The maximum absolute atomic E-state index is 12.6. The summed E-state index contributed by atoms with van der Waals surface area (Å²) in [7, 11) is 0. The van der Waals surface area contributed by atoms with Crippen molar-refractivity contribution >= 4 is 24.0 Å². The number of hydrogen-bond acceptors (Lipinski definition) is 5. The normalized spacial score (nSPS) is 17.4. The van der Waals surface area contributed by atoms with Crippen molar-refractivity contribution < 1.29 is 14.5 Å². The molecule has 0 spiro atoms. The number of nitrogens with zero attached hydrogens (tertiary/aromatic N) is 2. The largest absolute Gasteiger partial charge is 0.366 e. The third-order valence-electron chi connectivity index (χ3n) is 3.61. The van der Waals surface area contributed by atoms with Crippen LogP contribution in [0.5, 0.6) is 0 Å². The van der Waals surface area contributed by atoms with Gasteiger partial charge in [-0.25, -0.2) is 0 Å². The van der Waals surface area contributed by atoms with Crippen LogP contribution in [0.4, 0.5) is 5.69 Å². The number of morpholine rings is 1. The number of nitro benzene ring substituents is 1. The van der Waals surface area contributed by atoms with Gasteiger partial charge in [-0.3, -0.25) is 14.9 Å². The molecule has 1 aromatic rings. The number of carbonyl (C=O) groups is 1. The Balaban J connectivity index is 0.00000264. The van der Waals surface area contributed by atoms with E-state index in [0.29, 0.717) is 19.7 Å². The van der Waals surface area contributed by atoms with Crippen LogP contribution in [0.25, 0.3) is 0 Å². The van der Waals surface area contributed by atoms with Crippen LogP contribution in [0.3, 0.4) is 0 Å². The molecule has 7 nitrogen and oxygen atoms in total. The highest BCUT2D eigenvalue weighted by Crippen LogP contribution is 2.16. The van der Waals surface area contributed by atoms with Gasteiger partial charge in [0.2, 0.25) is 0 Å². The van der Waals surface area contributed by atoms with Crippen LogP contribution in [-0.4, -0.2) is 47.6 Å². The highest BCUT2D eigenvalue weighted by molar-refractivity contribution is 5.85. The molecule has 1 aromatic carbocycles. The molecule has 1 saturated heterocycles. The van der Waals surface area contributed by atoms with Crippen molar-refractivity contribution in [2.75, 3.05) is 19.7 Å². The maximum Gasteiger partial charge on any atom is 0.269 e. The van der Waals surface area contributed by atoms with E-state index in [4.69, 9.17) is 4.74 Å². The summed E-state index contributed by atoms with van der Waals surface area (Å²) >= 11 is 0. The summed E-state index contributed by atoms with van der Waals surface area (Å²) in [4.78, 5) is 24.5. The molecule has 1 atom stereocenters. The van der Waals surface area contributed by atoms with Crippen LogP contribution >= 0.6 is 12.4 Å². The van der Waals surface area contributed by atoms with Gasteiger partial charge in [-0.2, -0.15) is 0 Å². The van der Waals surface area contributed by atoms with Crippen molar-refractivity contribution in [2.45, 2.75) is 32.5 Å². The Morgan fingerprint density at radius 2 is 2.09 bits per heavy atom. The van der Waals surface area contributed by atoms with Crippen molar-refractivity contribution in [1.82, 2.24) is 10.2 Å². The number of benzene rings is 1. The molecule has 1 aliphatic rings. The van der Waals surface area contributed by atoms with Crippen molar-refractivity contribution in [3.63, 3.8) is 0 Å². The van der Waals surface area contributed by atoms with Gasteiger partial charge in [0.05, 0.1) is 11.5 Å². The fourth-order valence-electron chi connectivity index (χ4n) is 2.34. The van der Waals surface area contributed by atoms with Crippen LogP contribution in [0.1, 0.15) is 19.4 Å². The van der Waals surface area contributed by atoms with Crippen molar-refractivity contribution in [1.29, 1.82) is 0 Å². The second-order valence-electron chi connectivity index (χ2n) is 5.55. The number of halogens is 1. The summed E-state index contributed by atoms with van der Waals surface area (Å²) in [6.07, 6.45) is -0.464. The molecule has 0 bridgehead atoms. The number of nitro groups is 1. The third kappa shape index (κ3) is 5.16. The molecular weight excluding hydrogens is 322 g/mol. The monoisotopic (exact) mass is 343 g/mol. The number of ether oxygens (including phenoxy) is 1. The molecule has 1 unspecified atom stereocenters. The molecule has 0 saturated carbocycles. The SMILES string of the molecule is CC(C)N(Cc1ccc([N+](=O)[O-])cc1)C(=O)C1CNCCO1.Cl. The van der Waals surface area contributed by atoms with E-state index < -0.39 is 11.0 Å². The lowest BCUT2D eigenvalue weighted by Gasteiger charge is -2.32. The summed E-state index contributed by atoms with van der Waals surface area (Å²) in [6.45, 7) is 6.10. The van der Waals surface area contributed by atoms with Crippen molar-refractivity contribution in [3.8, 4) is 0 Å². The minimum absolute atomic E-state index is 0. The predicted octanol–water partition coefficient (Wildman–Crippen LogP) is 1.74. The second kappa shape index (κ2) is 8.81. The van der Waals surface area contributed by atoms with E-state index in [-0.39, 0.29) is 30.0 Å². The molecule has 1 aliphatic heterocycles. The number of hydrogen-bond donors (Lipinski definition) is 1. The lowest BCUT2D eigenvalue weighted by atomic mass is 10.1. The molecule has 1 N–H and O–H groups in total. The van der Waals surface area contributed by atoms with E-state index in [1.807, 2.05) is 13.8 Å². The average Bonchev–Trinajstić information content (AvgIpc) is 2.53. The zero-order valence-corrected chi connectivity index (χ0v) is 14.0. The third-order valence-corrected chi connectivity index (χ3v) is 3.61. The summed E-state index contributed by atoms with van der Waals surface area (Å²) in [5.41, 5.74) is 0.905. The Morgan fingerprint density at radius 1 is 1.43 bits per heavy atom. The van der Waals surface area contributed by atoms with Gasteiger partial charge in [-0.05, 0) is 19.4 Å². The minimum Gasteiger partial charge on any atom is -0.366 e. The van der Waals surface area contributed by atoms with E-state index >= 15 is 0 Å². The molecule has 128 valence electrons. The van der Waals surface area contributed by atoms with Crippen molar-refractivity contribution in [3.05, 3.63) is 39.9 Å². The van der Waals surface area contributed by atoms with Gasteiger partial charge < -0.3 is 15.0 Å². The number of amides is 1. The maximum atomic E-state index is 12.6. The Labute approximate surface area is 141 Å². The Kier molecular flexibility index (Phi) is 7.41. The summed E-state index contributed by atoms with van der Waals surface area (Å²) in [5.74, 6) is -0.0550. The topological polar surface area (TPSA) is 84.7 Å². The van der Waals surface area contributed by atoms with Crippen LogP contribution in [0.15, 0.2) is 24.3 Å². The molecule has 0 aromatic heterocycles. The van der Waals surface area contributed by atoms with Gasteiger partial charge in [0.1, 0.15) is 6.10 Å². The first-order valence-electron chi connectivity index (χ1n) is 7.35. The fraction of sp³-hybridized carbons (Fsp3) is 0.533. The zero-order chi connectivity index (χ0) is 16.1. The molecule has 0 radical (unpaired) electrons. The first-order chi connectivity index (χ1) is 10.5. The van der Waals surface area contributed by atoms with Gasteiger partial charge in [0.25, 0.3) is 11.6 Å². The van der Waals surface area contributed by atoms with E-state index in [0.717, 1.165) is 12.1 Å².